The maximum Gasteiger partial charge on any atom is 0.306 e. The zero-order valence-corrected chi connectivity index (χ0v) is 13.1. The van der Waals surface area contributed by atoms with E-state index in [2.05, 4.69) is 30.9 Å². The van der Waals surface area contributed by atoms with Gasteiger partial charge in [0.15, 0.2) is 0 Å². The number of nitrogens with zero attached hydrogens (tertiary/aromatic N) is 1. The van der Waals surface area contributed by atoms with Crippen molar-refractivity contribution in [3.05, 3.63) is 29.3 Å². The third kappa shape index (κ3) is 3.97. The van der Waals surface area contributed by atoms with E-state index < -0.39 is 5.97 Å². The third-order valence-corrected chi connectivity index (χ3v) is 4.31. The molecule has 1 aliphatic rings. The van der Waals surface area contributed by atoms with Crippen molar-refractivity contribution >= 4 is 5.97 Å². The van der Waals surface area contributed by atoms with Gasteiger partial charge in [0.25, 0.3) is 0 Å². The summed E-state index contributed by atoms with van der Waals surface area (Å²) in [5.41, 5.74) is 2.63. The minimum Gasteiger partial charge on any atom is -0.497 e. The second-order valence-electron chi connectivity index (χ2n) is 6.11. The molecule has 0 atom stereocenters. The Bertz CT molecular complexity index is 491. The van der Waals surface area contributed by atoms with Crippen molar-refractivity contribution in [3.8, 4) is 5.75 Å². The lowest BCUT2D eigenvalue weighted by Crippen LogP contribution is -2.36. The zero-order chi connectivity index (χ0) is 15.4. The summed E-state index contributed by atoms with van der Waals surface area (Å²) in [7, 11) is 1.69. The topological polar surface area (TPSA) is 49.8 Å². The van der Waals surface area contributed by atoms with Crippen LogP contribution in [0.1, 0.15) is 43.7 Å². The average Bonchev–Trinajstić information content (AvgIpc) is 2.48. The Morgan fingerprint density at radius 1 is 1.38 bits per heavy atom. The van der Waals surface area contributed by atoms with E-state index in [0.29, 0.717) is 5.92 Å². The standard InChI is InChI=1S/C17H25NO3/c1-12(2)16-10-15(21-3)5-4-14(16)11-18-8-6-13(7-9-18)17(19)20/h4-5,10,12-13H,6-9,11H2,1-3H3,(H,19,20). The number of piperidine rings is 1. The van der Waals surface area contributed by atoms with Crippen molar-refractivity contribution in [2.24, 2.45) is 5.92 Å². The van der Waals surface area contributed by atoms with Crippen LogP contribution in [-0.2, 0) is 11.3 Å². The van der Waals surface area contributed by atoms with Gasteiger partial charge in [0.05, 0.1) is 13.0 Å². The molecule has 1 heterocycles. The highest BCUT2D eigenvalue weighted by Crippen LogP contribution is 2.27. The van der Waals surface area contributed by atoms with E-state index in [4.69, 9.17) is 9.84 Å². The molecule has 4 heteroatoms. The summed E-state index contributed by atoms with van der Waals surface area (Å²) in [6.07, 6.45) is 1.50. The van der Waals surface area contributed by atoms with E-state index in [9.17, 15) is 4.79 Å². The number of carboxylic acids is 1. The molecule has 0 saturated carbocycles. The van der Waals surface area contributed by atoms with Crippen LogP contribution in [0.3, 0.4) is 0 Å². The van der Waals surface area contributed by atoms with Crippen LogP contribution in [0, 0.1) is 5.92 Å². The molecule has 2 rings (SSSR count). The van der Waals surface area contributed by atoms with Gasteiger partial charge < -0.3 is 9.84 Å². The number of carboxylic acid groups (broad SMARTS) is 1. The van der Waals surface area contributed by atoms with Crippen LogP contribution in [0.4, 0.5) is 0 Å². The lowest BCUT2D eigenvalue weighted by atomic mass is 9.94. The molecule has 0 radical (unpaired) electrons. The first kappa shape index (κ1) is 15.8. The number of rotatable bonds is 5. The fourth-order valence-corrected chi connectivity index (χ4v) is 2.96. The van der Waals surface area contributed by atoms with Crippen LogP contribution in [0.2, 0.25) is 0 Å². The number of hydrogen-bond donors (Lipinski definition) is 1. The Kier molecular flexibility index (Phi) is 5.23. The number of aliphatic carboxylic acids is 1. The first-order chi connectivity index (χ1) is 10.0. The Morgan fingerprint density at radius 2 is 2.05 bits per heavy atom. The van der Waals surface area contributed by atoms with Gasteiger partial charge in [-0.05, 0) is 55.1 Å². The molecule has 1 fully saturated rings. The highest BCUT2D eigenvalue weighted by Gasteiger charge is 2.24. The lowest BCUT2D eigenvalue weighted by molar-refractivity contribution is -0.143. The summed E-state index contributed by atoms with van der Waals surface area (Å²) >= 11 is 0. The average molecular weight is 291 g/mol. The number of methoxy groups -OCH3 is 1. The Labute approximate surface area is 126 Å². The van der Waals surface area contributed by atoms with Crippen molar-refractivity contribution in [2.45, 2.75) is 39.2 Å². The van der Waals surface area contributed by atoms with Crippen LogP contribution in [-0.4, -0.2) is 36.2 Å². The summed E-state index contributed by atoms with van der Waals surface area (Å²) in [4.78, 5) is 13.4. The fraction of sp³-hybridized carbons (Fsp3) is 0.588. The summed E-state index contributed by atoms with van der Waals surface area (Å²) in [5, 5.41) is 9.06. The number of hydrogen-bond acceptors (Lipinski definition) is 3. The lowest BCUT2D eigenvalue weighted by Gasteiger charge is -2.31. The normalized spacial score (nSPS) is 17.1. The number of carbonyl (C=O) groups is 1. The molecular weight excluding hydrogens is 266 g/mol. The Hall–Kier alpha value is -1.55. The number of likely N-dealkylation sites (tertiary alicyclic amines) is 1. The molecular formula is C17H25NO3. The van der Waals surface area contributed by atoms with Crippen LogP contribution < -0.4 is 4.74 Å². The maximum atomic E-state index is 11.0. The molecule has 0 unspecified atom stereocenters. The van der Waals surface area contributed by atoms with Crippen molar-refractivity contribution in [2.75, 3.05) is 20.2 Å². The summed E-state index contributed by atoms with van der Waals surface area (Å²) in [5.74, 6) is 0.530. The number of ether oxygens (including phenoxy) is 1. The van der Waals surface area contributed by atoms with Crippen LogP contribution in [0.5, 0.6) is 5.75 Å². The number of benzene rings is 1. The minimum atomic E-state index is -0.651. The first-order valence-electron chi connectivity index (χ1n) is 7.63. The van der Waals surface area contributed by atoms with Gasteiger partial charge in [0, 0.05) is 6.54 Å². The molecule has 0 spiro atoms. The SMILES string of the molecule is COc1ccc(CN2CCC(C(=O)O)CC2)c(C(C)C)c1. The van der Waals surface area contributed by atoms with E-state index in [1.54, 1.807) is 7.11 Å². The van der Waals surface area contributed by atoms with Gasteiger partial charge >= 0.3 is 5.97 Å². The predicted molar refractivity (Wildman–Crippen MR) is 82.7 cm³/mol. The Morgan fingerprint density at radius 3 is 2.57 bits per heavy atom. The molecule has 0 amide bonds. The van der Waals surface area contributed by atoms with E-state index in [0.717, 1.165) is 38.2 Å². The third-order valence-electron chi connectivity index (χ3n) is 4.31. The molecule has 1 N–H and O–H groups in total. The van der Waals surface area contributed by atoms with Gasteiger partial charge in [0.2, 0.25) is 0 Å². The van der Waals surface area contributed by atoms with Crippen LogP contribution in [0.15, 0.2) is 18.2 Å². The molecule has 0 aromatic heterocycles. The van der Waals surface area contributed by atoms with E-state index in [1.165, 1.54) is 11.1 Å². The first-order valence-corrected chi connectivity index (χ1v) is 7.63. The predicted octanol–water partition coefficient (Wildman–Crippen LogP) is 3.12. The fourth-order valence-electron chi connectivity index (χ4n) is 2.96. The van der Waals surface area contributed by atoms with Gasteiger partial charge in [-0.2, -0.15) is 0 Å². The molecule has 1 aromatic rings. The van der Waals surface area contributed by atoms with Crippen LogP contribution >= 0.6 is 0 Å². The molecule has 1 saturated heterocycles. The minimum absolute atomic E-state index is 0.165. The second kappa shape index (κ2) is 6.94. The Balaban J connectivity index is 2.05. The summed E-state index contributed by atoms with van der Waals surface area (Å²) in [6.45, 7) is 6.99. The summed E-state index contributed by atoms with van der Waals surface area (Å²) in [6, 6.07) is 6.26. The molecule has 116 valence electrons. The molecule has 4 nitrogen and oxygen atoms in total. The second-order valence-corrected chi connectivity index (χ2v) is 6.11. The summed E-state index contributed by atoms with van der Waals surface area (Å²) < 4.78 is 5.31. The van der Waals surface area contributed by atoms with E-state index in [-0.39, 0.29) is 5.92 Å². The van der Waals surface area contributed by atoms with Gasteiger partial charge in [-0.1, -0.05) is 19.9 Å². The molecule has 1 aliphatic heterocycles. The van der Waals surface area contributed by atoms with Crippen molar-refractivity contribution < 1.29 is 14.6 Å². The highest BCUT2D eigenvalue weighted by atomic mass is 16.5. The molecule has 0 bridgehead atoms. The van der Waals surface area contributed by atoms with Gasteiger partial charge in [-0.3, -0.25) is 9.69 Å². The van der Waals surface area contributed by atoms with Crippen LogP contribution in [0.25, 0.3) is 0 Å². The zero-order valence-electron chi connectivity index (χ0n) is 13.1. The quantitative estimate of drug-likeness (QED) is 0.905. The van der Waals surface area contributed by atoms with Crippen molar-refractivity contribution in [1.82, 2.24) is 4.90 Å². The molecule has 0 aliphatic carbocycles. The highest BCUT2D eigenvalue weighted by molar-refractivity contribution is 5.70. The van der Waals surface area contributed by atoms with E-state index in [1.807, 2.05) is 6.07 Å². The largest absolute Gasteiger partial charge is 0.497 e. The maximum absolute atomic E-state index is 11.0. The van der Waals surface area contributed by atoms with E-state index >= 15 is 0 Å². The van der Waals surface area contributed by atoms with Gasteiger partial charge in [-0.15, -0.1) is 0 Å². The molecule has 21 heavy (non-hydrogen) atoms. The molecule has 1 aromatic carbocycles. The van der Waals surface area contributed by atoms with Gasteiger partial charge in [-0.25, -0.2) is 0 Å². The monoisotopic (exact) mass is 291 g/mol. The smallest absolute Gasteiger partial charge is 0.306 e. The van der Waals surface area contributed by atoms with Crippen molar-refractivity contribution in [3.63, 3.8) is 0 Å². The van der Waals surface area contributed by atoms with Gasteiger partial charge in [0.1, 0.15) is 5.75 Å². The van der Waals surface area contributed by atoms with Crippen molar-refractivity contribution in [1.29, 1.82) is 0 Å².